The van der Waals surface area contributed by atoms with Gasteiger partial charge in [-0.25, -0.2) is 4.39 Å². The van der Waals surface area contributed by atoms with E-state index in [-0.39, 0.29) is 18.9 Å². The van der Waals surface area contributed by atoms with Gasteiger partial charge >= 0.3 is 0 Å². The summed E-state index contributed by atoms with van der Waals surface area (Å²) >= 11 is 0. The number of hydrogen-bond donors (Lipinski definition) is 2. The molecule has 1 heterocycles. The van der Waals surface area contributed by atoms with Crippen LogP contribution in [-0.4, -0.2) is 23.7 Å². The number of nitrogens with one attached hydrogen (secondary N) is 1. The van der Waals surface area contributed by atoms with E-state index in [0.29, 0.717) is 11.4 Å². The van der Waals surface area contributed by atoms with Crippen LogP contribution in [0.5, 0.6) is 5.75 Å². The molecule has 1 aromatic carbocycles. The zero-order chi connectivity index (χ0) is 10.8. The molecule has 1 aliphatic rings. The van der Waals surface area contributed by atoms with Crippen molar-refractivity contribution in [2.45, 2.75) is 12.5 Å². The Morgan fingerprint density at radius 2 is 2.33 bits per heavy atom. The lowest BCUT2D eigenvalue weighted by Crippen LogP contribution is -2.37. The zero-order valence-corrected chi connectivity index (χ0v) is 7.87. The lowest BCUT2D eigenvalue weighted by Gasteiger charge is -2.25. The summed E-state index contributed by atoms with van der Waals surface area (Å²) in [5.41, 5.74) is 0.454. The standard InChI is InChI=1S/C10H10FNO3/c11-6-1-2-7-9(5-6)15-8(3-4-13)10(14)12-7/h1-2,5,8,13H,3-4H2,(H,12,14). The molecular formula is C10H10FNO3. The summed E-state index contributed by atoms with van der Waals surface area (Å²) in [6, 6.07) is 3.89. The maximum Gasteiger partial charge on any atom is 0.265 e. The molecule has 0 radical (unpaired) electrons. The summed E-state index contributed by atoms with van der Waals surface area (Å²) in [6.07, 6.45) is -0.550. The van der Waals surface area contributed by atoms with Crippen LogP contribution in [-0.2, 0) is 4.79 Å². The number of carbonyl (C=O) groups is 1. The fourth-order valence-corrected chi connectivity index (χ4v) is 1.42. The second-order valence-electron chi connectivity index (χ2n) is 3.25. The summed E-state index contributed by atoms with van der Waals surface area (Å²) in [5.74, 6) is -0.441. The van der Waals surface area contributed by atoms with E-state index < -0.39 is 11.9 Å². The highest BCUT2D eigenvalue weighted by Gasteiger charge is 2.27. The maximum absolute atomic E-state index is 12.9. The van der Waals surface area contributed by atoms with Crippen LogP contribution in [0.3, 0.4) is 0 Å². The first-order valence-corrected chi connectivity index (χ1v) is 4.58. The molecule has 1 unspecified atom stereocenters. The molecule has 0 fully saturated rings. The minimum absolute atomic E-state index is 0.150. The molecule has 0 aromatic heterocycles. The third-order valence-corrected chi connectivity index (χ3v) is 2.15. The van der Waals surface area contributed by atoms with Gasteiger partial charge in [0, 0.05) is 19.1 Å². The molecule has 15 heavy (non-hydrogen) atoms. The van der Waals surface area contributed by atoms with Crippen molar-refractivity contribution in [3.8, 4) is 5.75 Å². The lowest BCUT2D eigenvalue weighted by molar-refractivity contribution is -0.124. The largest absolute Gasteiger partial charge is 0.478 e. The maximum atomic E-state index is 12.9. The number of aliphatic hydroxyl groups is 1. The van der Waals surface area contributed by atoms with Crippen LogP contribution in [0.4, 0.5) is 10.1 Å². The van der Waals surface area contributed by atoms with Crippen LogP contribution in [0.1, 0.15) is 6.42 Å². The number of hydrogen-bond acceptors (Lipinski definition) is 3. The Morgan fingerprint density at radius 3 is 3.07 bits per heavy atom. The molecule has 0 spiro atoms. The summed E-state index contributed by atoms with van der Waals surface area (Å²) in [7, 11) is 0. The molecule has 5 heteroatoms. The van der Waals surface area contributed by atoms with Gasteiger partial charge in [0.25, 0.3) is 5.91 Å². The fourth-order valence-electron chi connectivity index (χ4n) is 1.42. The molecule has 1 atom stereocenters. The number of amides is 1. The number of rotatable bonds is 2. The third-order valence-electron chi connectivity index (χ3n) is 2.15. The Hall–Kier alpha value is -1.62. The van der Waals surface area contributed by atoms with Crippen LogP contribution < -0.4 is 10.1 Å². The Kier molecular flexibility index (Phi) is 2.55. The van der Waals surface area contributed by atoms with Gasteiger partial charge in [0.05, 0.1) is 5.69 Å². The van der Waals surface area contributed by atoms with Crippen molar-refractivity contribution in [2.75, 3.05) is 11.9 Å². The van der Waals surface area contributed by atoms with Crippen LogP contribution in [0.25, 0.3) is 0 Å². The number of carbonyl (C=O) groups excluding carboxylic acids is 1. The van der Waals surface area contributed by atoms with E-state index in [9.17, 15) is 9.18 Å². The number of aliphatic hydroxyl groups excluding tert-OH is 1. The van der Waals surface area contributed by atoms with Crippen LogP contribution >= 0.6 is 0 Å². The van der Waals surface area contributed by atoms with Crippen molar-refractivity contribution < 1.29 is 19.0 Å². The highest BCUT2D eigenvalue weighted by molar-refractivity contribution is 5.97. The Morgan fingerprint density at radius 1 is 1.53 bits per heavy atom. The molecule has 2 rings (SSSR count). The van der Waals surface area contributed by atoms with E-state index in [1.54, 1.807) is 0 Å². The van der Waals surface area contributed by atoms with Crippen molar-refractivity contribution >= 4 is 11.6 Å². The van der Waals surface area contributed by atoms with Gasteiger partial charge < -0.3 is 15.2 Å². The number of halogens is 1. The Bertz CT molecular complexity index is 394. The molecule has 1 aromatic rings. The number of benzene rings is 1. The van der Waals surface area contributed by atoms with Gasteiger partial charge in [-0.1, -0.05) is 0 Å². The van der Waals surface area contributed by atoms with E-state index in [1.807, 2.05) is 0 Å². The van der Waals surface area contributed by atoms with Crippen molar-refractivity contribution in [3.05, 3.63) is 24.0 Å². The monoisotopic (exact) mass is 211 g/mol. The van der Waals surface area contributed by atoms with Crippen molar-refractivity contribution in [3.63, 3.8) is 0 Å². The van der Waals surface area contributed by atoms with Crippen LogP contribution in [0, 0.1) is 5.82 Å². The second kappa shape index (κ2) is 3.86. The van der Waals surface area contributed by atoms with Gasteiger partial charge in [-0.15, -0.1) is 0 Å². The van der Waals surface area contributed by atoms with Gasteiger partial charge in [-0.3, -0.25) is 4.79 Å². The predicted molar refractivity (Wildman–Crippen MR) is 51.1 cm³/mol. The molecule has 0 saturated carbocycles. The molecule has 0 bridgehead atoms. The predicted octanol–water partition coefficient (Wildman–Crippen LogP) is 0.908. The van der Waals surface area contributed by atoms with E-state index in [2.05, 4.69) is 5.32 Å². The van der Waals surface area contributed by atoms with Crippen molar-refractivity contribution in [2.24, 2.45) is 0 Å². The minimum atomic E-state index is -0.746. The molecule has 0 aliphatic carbocycles. The fraction of sp³-hybridized carbons (Fsp3) is 0.300. The lowest BCUT2D eigenvalue weighted by atomic mass is 10.2. The van der Waals surface area contributed by atoms with Gasteiger partial charge in [0.1, 0.15) is 11.6 Å². The van der Waals surface area contributed by atoms with Crippen LogP contribution in [0.2, 0.25) is 0 Å². The average Bonchev–Trinajstić information content (AvgIpc) is 2.20. The number of ether oxygens (including phenoxy) is 1. The summed E-state index contributed by atoms with van der Waals surface area (Å²) in [5, 5.41) is 11.3. The average molecular weight is 211 g/mol. The van der Waals surface area contributed by atoms with E-state index in [0.717, 1.165) is 0 Å². The second-order valence-corrected chi connectivity index (χ2v) is 3.25. The third kappa shape index (κ3) is 1.92. The van der Waals surface area contributed by atoms with Gasteiger partial charge in [0.15, 0.2) is 6.10 Å². The number of anilines is 1. The normalized spacial score (nSPS) is 19.1. The van der Waals surface area contributed by atoms with Gasteiger partial charge in [-0.05, 0) is 12.1 Å². The van der Waals surface area contributed by atoms with Gasteiger partial charge in [0.2, 0.25) is 0 Å². The summed E-state index contributed by atoms with van der Waals surface area (Å²) < 4.78 is 18.1. The van der Waals surface area contributed by atoms with Crippen molar-refractivity contribution in [1.29, 1.82) is 0 Å². The first kappa shape index (κ1) is 9.92. The molecule has 1 aliphatic heterocycles. The van der Waals surface area contributed by atoms with Gasteiger partial charge in [-0.2, -0.15) is 0 Å². The van der Waals surface area contributed by atoms with E-state index in [1.165, 1.54) is 18.2 Å². The molecule has 80 valence electrons. The molecule has 1 amide bonds. The van der Waals surface area contributed by atoms with Crippen molar-refractivity contribution in [1.82, 2.24) is 0 Å². The van der Waals surface area contributed by atoms with E-state index >= 15 is 0 Å². The highest BCUT2D eigenvalue weighted by atomic mass is 19.1. The Balaban J connectivity index is 2.26. The van der Waals surface area contributed by atoms with E-state index in [4.69, 9.17) is 9.84 Å². The summed E-state index contributed by atoms with van der Waals surface area (Å²) in [6.45, 7) is -0.150. The Labute approximate surface area is 85.7 Å². The smallest absolute Gasteiger partial charge is 0.265 e. The quantitative estimate of drug-likeness (QED) is 0.764. The molecule has 0 saturated heterocycles. The minimum Gasteiger partial charge on any atom is -0.478 e. The summed E-state index contributed by atoms with van der Waals surface area (Å²) in [4.78, 5) is 11.4. The van der Waals surface area contributed by atoms with Crippen LogP contribution in [0.15, 0.2) is 18.2 Å². The highest BCUT2D eigenvalue weighted by Crippen LogP contribution is 2.30. The molecule has 2 N–H and O–H groups in total. The first-order chi connectivity index (χ1) is 7.20. The SMILES string of the molecule is O=C1Nc2ccc(F)cc2OC1CCO. The zero-order valence-electron chi connectivity index (χ0n) is 7.87. The molecule has 4 nitrogen and oxygen atoms in total. The topological polar surface area (TPSA) is 58.6 Å². The number of fused-ring (bicyclic) bond motifs is 1. The first-order valence-electron chi connectivity index (χ1n) is 4.58. The molecular weight excluding hydrogens is 201 g/mol.